The zero-order valence-electron chi connectivity index (χ0n) is 11.0. The Morgan fingerprint density at radius 1 is 1.22 bits per heavy atom. The fourth-order valence-corrected chi connectivity index (χ4v) is 2.30. The third-order valence-electron chi connectivity index (χ3n) is 3.14. The van der Waals surface area contributed by atoms with Gasteiger partial charge in [0, 0.05) is 26.7 Å². The zero-order chi connectivity index (χ0) is 11.9. The maximum Gasteiger partial charge on any atom is 0.0713 e. The lowest BCUT2D eigenvalue weighted by molar-refractivity contribution is 0.184. The molecule has 1 fully saturated rings. The molecule has 0 bridgehead atoms. The predicted molar refractivity (Wildman–Crippen MR) is 77.2 cm³/mol. The summed E-state index contributed by atoms with van der Waals surface area (Å²) >= 11 is 0. The van der Waals surface area contributed by atoms with E-state index in [9.17, 15) is 0 Å². The third-order valence-corrected chi connectivity index (χ3v) is 3.14. The Bertz CT molecular complexity index is 338. The molecular weight excluding hydrogens is 248 g/mol. The van der Waals surface area contributed by atoms with Crippen LogP contribution in [0, 0.1) is 0 Å². The molecule has 1 N–H and O–H groups in total. The summed E-state index contributed by atoms with van der Waals surface area (Å²) in [5.74, 6) is 0. The Hall–Kier alpha value is -0.610. The van der Waals surface area contributed by atoms with Crippen LogP contribution in [0.5, 0.6) is 0 Å². The van der Waals surface area contributed by atoms with Gasteiger partial charge in [-0.2, -0.15) is 0 Å². The molecule has 0 spiro atoms. The van der Waals surface area contributed by atoms with Crippen LogP contribution < -0.4 is 5.32 Å². The van der Waals surface area contributed by atoms with Crippen LogP contribution >= 0.6 is 12.4 Å². The Morgan fingerprint density at radius 2 is 2.06 bits per heavy atom. The van der Waals surface area contributed by atoms with E-state index in [0.29, 0.717) is 6.61 Å². The molecule has 1 heterocycles. The number of hydrogen-bond acceptors (Lipinski definition) is 3. The van der Waals surface area contributed by atoms with Crippen LogP contribution in [0.1, 0.15) is 17.5 Å². The van der Waals surface area contributed by atoms with Gasteiger partial charge in [0.05, 0.1) is 6.61 Å². The average molecular weight is 271 g/mol. The number of methoxy groups -OCH3 is 1. The first kappa shape index (κ1) is 15.4. The molecule has 0 unspecified atom stereocenters. The van der Waals surface area contributed by atoms with Crippen LogP contribution in [-0.4, -0.2) is 38.2 Å². The van der Waals surface area contributed by atoms with E-state index in [1.807, 2.05) is 0 Å². The van der Waals surface area contributed by atoms with Gasteiger partial charge in [0.2, 0.25) is 0 Å². The van der Waals surface area contributed by atoms with Gasteiger partial charge >= 0.3 is 0 Å². The van der Waals surface area contributed by atoms with Gasteiger partial charge in [-0.15, -0.1) is 12.4 Å². The number of benzene rings is 1. The number of rotatable bonds is 4. The Morgan fingerprint density at radius 3 is 2.89 bits per heavy atom. The summed E-state index contributed by atoms with van der Waals surface area (Å²) in [7, 11) is 1.74. The summed E-state index contributed by atoms with van der Waals surface area (Å²) in [6.45, 7) is 6.36. The number of hydrogen-bond donors (Lipinski definition) is 1. The molecule has 102 valence electrons. The highest BCUT2D eigenvalue weighted by Gasteiger charge is 2.08. The van der Waals surface area contributed by atoms with Gasteiger partial charge in [-0.05, 0) is 30.6 Å². The molecule has 1 aromatic carbocycles. The lowest BCUT2D eigenvalue weighted by atomic mass is 10.1. The maximum absolute atomic E-state index is 5.17. The number of nitrogens with one attached hydrogen (secondary N) is 1. The monoisotopic (exact) mass is 270 g/mol. The van der Waals surface area contributed by atoms with Crippen molar-refractivity contribution in [1.29, 1.82) is 0 Å². The first-order valence-electron chi connectivity index (χ1n) is 6.38. The number of ether oxygens (including phenoxy) is 1. The van der Waals surface area contributed by atoms with E-state index < -0.39 is 0 Å². The molecule has 1 aliphatic rings. The van der Waals surface area contributed by atoms with Crippen LogP contribution in [-0.2, 0) is 17.9 Å². The summed E-state index contributed by atoms with van der Waals surface area (Å²) in [6, 6.07) is 8.70. The molecule has 3 nitrogen and oxygen atoms in total. The summed E-state index contributed by atoms with van der Waals surface area (Å²) in [6.07, 6.45) is 1.25. The minimum absolute atomic E-state index is 0. The van der Waals surface area contributed by atoms with Crippen molar-refractivity contribution in [3.63, 3.8) is 0 Å². The van der Waals surface area contributed by atoms with Crippen molar-refractivity contribution in [3.05, 3.63) is 35.4 Å². The largest absolute Gasteiger partial charge is 0.380 e. The SMILES string of the molecule is COCc1cccc(CN2CCCNCC2)c1.Cl. The molecule has 18 heavy (non-hydrogen) atoms. The van der Waals surface area contributed by atoms with Gasteiger partial charge in [-0.3, -0.25) is 4.90 Å². The van der Waals surface area contributed by atoms with Gasteiger partial charge in [0.1, 0.15) is 0 Å². The quantitative estimate of drug-likeness (QED) is 0.906. The Labute approximate surface area is 116 Å². The number of nitrogens with zero attached hydrogens (tertiary/aromatic N) is 1. The normalized spacial score (nSPS) is 16.9. The van der Waals surface area contributed by atoms with Crippen molar-refractivity contribution >= 4 is 12.4 Å². The van der Waals surface area contributed by atoms with E-state index in [4.69, 9.17) is 4.74 Å². The van der Waals surface area contributed by atoms with Crippen molar-refractivity contribution < 1.29 is 4.74 Å². The molecule has 1 saturated heterocycles. The van der Waals surface area contributed by atoms with Gasteiger partial charge < -0.3 is 10.1 Å². The highest BCUT2D eigenvalue weighted by atomic mass is 35.5. The Balaban J connectivity index is 0.00000162. The van der Waals surface area contributed by atoms with E-state index in [1.165, 1.54) is 24.1 Å². The van der Waals surface area contributed by atoms with Crippen molar-refractivity contribution in [2.45, 2.75) is 19.6 Å². The summed E-state index contributed by atoms with van der Waals surface area (Å²) in [5.41, 5.74) is 2.65. The minimum atomic E-state index is 0. The Kier molecular flexibility index (Phi) is 7.28. The van der Waals surface area contributed by atoms with Crippen molar-refractivity contribution in [1.82, 2.24) is 10.2 Å². The molecule has 0 aromatic heterocycles. The van der Waals surface area contributed by atoms with Gasteiger partial charge in [-0.25, -0.2) is 0 Å². The summed E-state index contributed by atoms with van der Waals surface area (Å²) in [5, 5.41) is 3.43. The van der Waals surface area contributed by atoms with E-state index in [1.54, 1.807) is 7.11 Å². The molecule has 0 atom stereocenters. The first-order valence-corrected chi connectivity index (χ1v) is 6.38. The van der Waals surface area contributed by atoms with Crippen LogP contribution in [0.3, 0.4) is 0 Å². The second kappa shape index (κ2) is 8.48. The summed E-state index contributed by atoms with van der Waals surface area (Å²) < 4.78 is 5.17. The molecule has 1 aliphatic heterocycles. The highest BCUT2D eigenvalue weighted by molar-refractivity contribution is 5.85. The van der Waals surface area contributed by atoms with E-state index in [2.05, 4.69) is 34.5 Å². The molecule has 0 radical (unpaired) electrons. The lowest BCUT2D eigenvalue weighted by Gasteiger charge is -2.19. The molecule has 0 saturated carbocycles. The number of halogens is 1. The van der Waals surface area contributed by atoms with E-state index in [0.717, 1.165) is 26.2 Å². The van der Waals surface area contributed by atoms with E-state index in [-0.39, 0.29) is 12.4 Å². The fourth-order valence-electron chi connectivity index (χ4n) is 2.30. The second-order valence-electron chi connectivity index (χ2n) is 4.63. The molecular formula is C14H23ClN2O. The van der Waals surface area contributed by atoms with Crippen LogP contribution in [0.15, 0.2) is 24.3 Å². The van der Waals surface area contributed by atoms with Crippen LogP contribution in [0.2, 0.25) is 0 Å². The van der Waals surface area contributed by atoms with Crippen LogP contribution in [0.25, 0.3) is 0 Å². The van der Waals surface area contributed by atoms with Gasteiger partial charge in [0.25, 0.3) is 0 Å². The highest BCUT2D eigenvalue weighted by Crippen LogP contribution is 2.10. The fraction of sp³-hybridized carbons (Fsp3) is 0.571. The second-order valence-corrected chi connectivity index (χ2v) is 4.63. The zero-order valence-corrected chi connectivity index (χ0v) is 11.8. The van der Waals surface area contributed by atoms with Crippen molar-refractivity contribution in [2.75, 3.05) is 33.3 Å². The molecule has 0 aliphatic carbocycles. The topological polar surface area (TPSA) is 24.5 Å². The van der Waals surface area contributed by atoms with Crippen molar-refractivity contribution in [3.8, 4) is 0 Å². The molecule has 1 aromatic rings. The maximum atomic E-state index is 5.17. The van der Waals surface area contributed by atoms with Gasteiger partial charge in [0.15, 0.2) is 0 Å². The predicted octanol–water partition coefficient (Wildman–Crippen LogP) is 2.05. The molecule has 0 amide bonds. The summed E-state index contributed by atoms with van der Waals surface area (Å²) in [4.78, 5) is 2.52. The van der Waals surface area contributed by atoms with Gasteiger partial charge in [-0.1, -0.05) is 24.3 Å². The van der Waals surface area contributed by atoms with Crippen LogP contribution in [0.4, 0.5) is 0 Å². The average Bonchev–Trinajstić information content (AvgIpc) is 2.59. The lowest BCUT2D eigenvalue weighted by Crippen LogP contribution is -2.27. The van der Waals surface area contributed by atoms with E-state index >= 15 is 0 Å². The standard InChI is InChI=1S/C14H22N2O.ClH/c1-17-12-14-5-2-4-13(10-14)11-16-8-3-6-15-7-9-16;/h2,4-5,10,15H,3,6-9,11-12H2,1H3;1H. The van der Waals surface area contributed by atoms with Crippen molar-refractivity contribution in [2.24, 2.45) is 0 Å². The first-order chi connectivity index (χ1) is 8.38. The molecule has 2 rings (SSSR count). The third kappa shape index (κ3) is 4.94. The molecule has 4 heteroatoms. The minimum Gasteiger partial charge on any atom is -0.380 e. The smallest absolute Gasteiger partial charge is 0.0713 e.